The van der Waals surface area contributed by atoms with Crippen molar-refractivity contribution in [3.05, 3.63) is 24.0 Å². The third-order valence-corrected chi connectivity index (χ3v) is 3.96. The molecular weight excluding hydrogens is 241 g/mol. The van der Waals surface area contributed by atoms with Crippen LogP contribution in [0, 0.1) is 17.7 Å². The Bertz CT molecular complexity index is 400. The minimum absolute atomic E-state index is 0.288. The molecule has 19 heavy (non-hydrogen) atoms. The van der Waals surface area contributed by atoms with Gasteiger partial charge in [-0.3, -0.25) is 0 Å². The first-order chi connectivity index (χ1) is 9.19. The highest BCUT2D eigenvalue weighted by Gasteiger charge is 2.17. The zero-order valence-corrected chi connectivity index (χ0v) is 11.9. The Kier molecular flexibility index (Phi) is 5.06. The summed E-state index contributed by atoms with van der Waals surface area (Å²) in [5.74, 6) is 1.65. The molecule has 1 aromatic rings. The molecule has 0 atom stereocenters. The number of halogens is 1. The summed E-state index contributed by atoms with van der Waals surface area (Å²) in [4.78, 5) is 0. The van der Waals surface area contributed by atoms with E-state index in [1.54, 1.807) is 6.07 Å². The fourth-order valence-corrected chi connectivity index (χ4v) is 2.68. The Balaban J connectivity index is 1.84. The Morgan fingerprint density at radius 1 is 1.26 bits per heavy atom. The van der Waals surface area contributed by atoms with Crippen molar-refractivity contribution < 1.29 is 9.13 Å². The summed E-state index contributed by atoms with van der Waals surface area (Å²) in [7, 11) is 0. The number of nitrogens with one attached hydrogen (secondary N) is 1. The largest absolute Gasteiger partial charge is 0.491 e. The molecule has 106 valence electrons. The Morgan fingerprint density at radius 2 is 2.00 bits per heavy atom. The molecule has 0 saturated heterocycles. The van der Waals surface area contributed by atoms with Crippen molar-refractivity contribution in [2.24, 2.45) is 11.8 Å². The molecule has 0 heterocycles. The topological polar surface area (TPSA) is 21.3 Å². The molecule has 1 fully saturated rings. The van der Waals surface area contributed by atoms with Crippen molar-refractivity contribution in [1.82, 2.24) is 0 Å². The number of ether oxygens (including phenoxy) is 1. The quantitative estimate of drug-likeness (QED) is 0.848. The van der Waals surface area contributed by atoms with Gasteiger partial charge in [0.15, 0.2) is 11.6 Å². The molecule has 2 nitrogen and oxygen atoms in total. The zero-order chi connectivity index (χ0) is 13.7. The summed E-state index contributed by atoms with van der Waals surface area (Å²) in [6, 6.07) is 5.11. The van der Waals surface area contributed by atoms with Crippen LogP contribution in [0.4, 0.5) is 10.1 Å². The van der Waals surface area contributed by atoms with Crippen LogP contribution in [0.3, 0.4) is 0 Å². The second-order valence-electron chi connectivity index (χ2n) is 5.59. The molecule has 0 bridgehead atoms. The number of anilines is 1. The summed E-state index contributed by atoms with van der Waals surface area (Å²) >= 11 is 0. The molecule has 0 aliphatic heterocycles. The van der Waals surface area contributed by atoms with Crippen molar-refractivity contribution in [3.8, 4) is 5.75 Å². The normalized spacial score (nSPS) is 23.1. The van der Waals surface area contributed by atoms with Gasteiger partial charge < -0.3 is 10.1 Å². The maximum atomic E-state index is 13.7. The average molecular weight is 265 g/mol. The third-order valence-electron chi connectivity index (χ3n) is 3.96. The maximum Gasteiger partial charge on any atom is 0.167 e. The predicted octanol–water partition coefficient (Wildman–Crippen LogP) is 4.46. The Morgan fingerprint density at radius 3 is 2.63 bits per heavy atom. The van der Waals surface area contributed by atoms with Crippen molar-refractivity contribution in [3.63, 3.8) is 0 Å². The summed E-state index contributed by atoms with van der Waals surface area (Å²) in [5.41, 5.74) is 0.847. The highest BCUT2D eigenvalue weighted by Crippen LogP contribution is 2.29. The van der Waals surface area contributed by atoms with Gasteiger partial charge in [0.25, 0.3) is 0 Å². The minimum Gasteiger partial charge on any atom is -0.491 e. The lowest BCUT2D eigenvalue weighted by atomic mass is 9.83. The molecule has 0 radical (unpaired) electrons. The maximum absolute atomic E-state index is 13.7. The first-order valence-electron chi connectivity index (χ1n) is 7.35. The van der Waals surface area contributed by atoms with E-state index in [-0.39, 0.29) is 5.82 Å². The van der Waals surface area contributed by atoms with Gasteiger partial charge in [-0.15, -0.1) is 0 Å². The van der Waals surface area contributed by atoms with Gasteiger partial charge in [0.05, 0.1) is 6.61 Å². The van der Waals surface area contributed by atoms with Crippen LogP contribution in [0.15, 0.2) is 18.2 Å². The second-order valence-corrected chi connectivity index (χ2v) is 5.59. The Labute approximate surface area is 115 Å². The molecule has 1 saturated carbocycles. The van der Waals surface area contributed by atoms with E-state index >= 15 is 0 Å². The van der Waals surface area contributed by atoms with Gasteiger partial charge in [-0.05, 0) is 43.7 Å². The molecule has 0 spiro atoms. The van der Waals surface area contributed by atoms with Crippen LogP contribution in [0.5, 0.6) is 5.75 Å². The van der Waals surface area contributed by atoms with E-state index < -0.39 is 0 Å². The predicted molar refractivity (Wildman–Crippen MR) is 77.2 cm³/mol. The zero-order valence-electron chi connectivity index (χ0n) is 11.9. The SMILES string of the molecule is CCOc1ccc(NCC2CCC(C)CC2)cc1F. The number of rotatable bonds is 5. The molecule has 1 N–H and O–H groups in total. The van der Waals surface area contributed by atoms with Crippen LogP contribution < -0.4 is 10.1 Å². The van der Waals surface area contributed by atoms with E-state index in [2.05, 4.69) is 12.2 Å². The molecule has 0 unspecified atom stereocenters. The molecule has 0 aromatic heterocycles. The number of hydrogen-bond donors (Lipinski definition) is 1. The van der Waals surface area contributed by atoms with Gasteiger partial charge >= 0.3 is 0 Å². The molecule has 1 aromatic carbocycles. The first kappa shape index (κ1) is 14.2. The number of hydrogen-bond acceptors (Lipinski definition) is 2. The van der Waals surface area contributed by atoms with Crippen molar-refractivity contribution >= 4 is 5.69 Å². The van der Waals surface area contributed by atoms with Crippen LogP contribution in [0.2, 0.25) is 0 Å². The summed E-state index contributed by atoms with van der Waals surface area (Å²) in [6.07, 6.45) is 5.22. The van der Waals surface area contributed by atoms with E-state index in [4.69, 9.17) is 4.74 Å². The molecule has 2 rings (SSSR count). The third kappa shape index (κ3) is 4.12. The lowest BCUT2D eigenvalue weighted by Gasteiger charge is -2.26. The fourth-order valence-electron chi connectivity index (χ4n) is 2.68. The van der Waals surface area contributed by atoms with Crippen LogP contribution in [0.1, 0.15) is 39.5 Å². The highest BCUT2D eigenvalue weighted by molar-refractivity contribution is 5.47. The molecule has 3 heteroatoms. The van der Waals surface area contributed by atoms with E-state index in [1.165, 1.54) is 31.7 Å². The van der Waals surface area contributed by atoms with Gasteiger partial charge in [0, 0.05) is 18.3 Å². The van der Waals surface area contributed by atoms with E-state index in [0.717, 1.165) is 24.1 Å². The van der Waals surface area contributed by atoms with Gasteiger partial charge in [-0.25, -0.2) is 4.39 Å². The monoisotopic (exact) mass is 265 g/mol. The summed E-state index contributed by atoms with van der Waals surface area (Å²) < 4.78 is 18.9. The lowest BCUT2D eigenvalue weighted by molar-refractivity contribution is 0.300. The second kappa shape index (κ2) is 6.78. The van der Waals surface area contributed by atoms with Gasteiger partial charge in [-0.1, -0.05) is 19.8 Å². The smallest absolute Gasteiger partial charge is 0.167 e. The molecule has 1 aliphatic carbocycles. The van der Waals surface area contributed by atoms with E-state index in [1.807, 2.05) is 13.0 Å². The lowest BCUT2D eigenvalue weighted by Crippen LogP contribution is -2.20. The molecule has 0 amide bonds. The first-order valence-corrected chi connectivity index (χ1v) is 7.35. The van der Waals surface area contributed by atoms with Crippen LogP contribution in [0.25, 0.3) is 0 Å². The molecular formula is C16H24FNO. The Hall–Kier alpha value is -1.25. The van der Waals surface area contributed by atoms with Crippen LogP contribution in [-0.4, -0.2) is 13.2 Å². The number of benzene rings is 1. The average Bonchev–Trinajstić information content (AvgIpc) is 2.41. The van der Waals surface area contributed by atoms with Crippen LogP contribution in [-0.2, 0) is 0 Å². The van der Waals surface area contributed by atoms with Gasteiger partial charge in [0.2, 0.25) is 0 Å². The van der Waals surface area contributed by atoms with Crippen LogP contribution >= 0.6 is 0 Å². The fraction of sp³-hybridized carbons (Fsp3) is 0.625. The van der Waals surface area contributed by atoms with Crippen molar-refractivity contribution in [2.45, 2.75) is 39.5 Å². The minimum atomic E-state index is -0.288. The highest BCUT2D eigenvalue weighted by atomic mass is 19.1. The van der Waals surface area contributed by atoms with Crippen molar-refractivity contribution in [2.75, 3.05) is 18.5 Å². The summed E-state index contributed by atoms with van der Waals surface area (Å²) in [6.45, 7) is 5.62. The van der Waals surface area contributed by atoms with E-state index in [0.29, 0.717) is 12.4 Å². The molecule has 1 aliphatic rings. The van der Waals surface area contributed by atoms with Gasteiger partial charge in [0.1, 0.15) is 0 Å². The van der Waals surface area contributed by atoms with E-state index in [9.17, 15) is 4.39 Å². The van der Waals surface area contributed by atoms with Crippen molar-refractivity contribution in [1.29, 1.82) is 0 Å². The summed E-state index contributed by atoms with van der Waals surface area (Å²) in [5, 5.41) is 3.34. The standard InChI is InChI=1S/C16H24FNO/c1-3-19-16-9-8-14(10-15(16)17)18-11-13-6-4-12(2)5-7-13/h8-10,12-13,18H,3-7,11H2,1-2H3. The van der Waals surface area contributed by atoms with Gasteiger partial charge in [-0.2, -0.15) is 0 Å².